The molecule has 0 bridgehead atoms. The number of para-hydroxylation sites is 3. The molecule has 3 aromatic carbocycles. The van der Waals surface area contributed by atoms with Crippen LogP contribution in [0.1, 0.15) is 42.3 Å². The van der Waals surface area contributed by atoms with Crippen molar-refractivity contribution in [2.45, 2.75) is 46.3 Å². The van der Waals surface area contributed by atoms with Gasteiger partial charge in [-0.1, -0.05) is 62.4 Å². The van der Waals surface area contributed by atoms with Crippen LogP contribution in [0.15, 0.2) is 79.4 Å². The third-order valence-electron chi connectivity index (χ3n) is 5.79. The van der Waals surface area contributed by atoms with Gasteiger partial charge < -0.3 is 14.0 Å². The second-order valence-electron chi connectivity index (χ2n) is 8.60. The van der Waals surface area contributed by atoms with Gasteiger partial charge in [-0.15, -0.1) is 6.58 Å². The summed E-state index contributed by atoms with van der Waals surface area (Å²) in [6.45, 7) is 12.0. The first-order valence-corrected chi connectivity index (χ1v) is 11.6. The number of imidazole rings is 1. The van der Waals surface area contributed by atoms with Crippen LogP contribution in [0.5, 0.6) is 11.5 Å². The smallest absolute Gasteiger partial charge is 0.148 e. The number of hydrogen-bond donors (Lipinski definition) is 0. The predicted molar refractivity (Wildman–Crippen MR) is 135 cm³/mol. The van der Waals surface area contributed by atoms with Gasteiger partial charge in [-0.2, -0.15) is 0 Å². The first-order chi connectivity index (χ1) is 16.1. The van der Waals surface area contributed by atoms with E-state index in [0.29, 0.717) is 25.7 Å². The molecular formula is C29H32N2O2. The number of rotatable bonds is 10. The Morgan fingerprint density at radius 1 is 0.970 bits per heavy atom. The van der Waals surface area contributed by atoms with Gasteiger partial charge in [0.15, 0.2) is 0 Å². The van der Waals surface area contributed by atoms with Crippen LogP contribution < -0.4 is 9.47 Å². The van der Waals surface area contributed by atoms with E-state index >= 15 is 0 Å². The van der Waals surface area contributed by atoms with Crippen LogP contribution in [0, 0.1) is 6.92 Å². The Kier molecular flexibility index (Phi) is 7.13. The van der Waals surface area contributed by atoms with Crippen LogP contribution in [-0.4, -0.2) is 16.2 Å². The highest BCUT2D eigenvalue weighted by Gasteiger charge is 2.13. The second kappa shape index (κ2) is 10.4. The zero-order chi connectivity index (χ0) is 23.2. The van der Waals surface area contributed by atoms with Crippen LogP contribution in [0.4, 0.5) is 0 Å². The van der Waals surface area contributed by atoms with Crippen LogP contribution in [0.25, 0.3) is 11.0 Å². The van der Waals surface area contributed by atoms with Crippen LogP contribution in [0.2, 0.25) is 0 Å². The molecule has 4 rings (SSSR count). The third kappa shape index (κ3) is 5.28. The third-order valence-corrected chi connectivity index (χ3v) is 5.79. The summed E-state index contributed by atoms with van der Waals surface area (Å²) in [5.41, 5.74) is 5.62. The Bertz CT molecular complexity index is 1240. The van der Waals surface area contributed by atoms with E-state index in [2.05, 4.69) is 62.2 Å². The quantitative estimate of drug-likeness (QED) is 0.253. The molecule has 0 spiro atoms. The molecule has 0 radical (unpaired) electrons. The number of allylic oxidation sites excluding steroid dienone is 1. The van der Waals surface area contributed by atoms with Gasteiger partial charge in [0.05, 0.1) is 17.6 Å². The van der Waals surface area contributed by atoms with E-state index in [0.717, 1.165) is 40.3 Å². The molecule has 4 heteroatoms. The Hall–Kier alpha value is -3.53. The maximum atomic E-state index is 6.27. The molecule has 0 aliphatic heterocycles. The largest absolute Gasteiger partial charge is 0.491 e. The van der Waals surface area contributed by atoms with Crippen LogP contribution >= 0.6 is 0 Å². The molecule has 0 aliphatic carbocycles. The summed E-state index contributed by atoms with van der Waals surface area (Å²) < 4.78 is 14.7. The van der Waals surface area contributed by atoms with E-state index < -0.39 is 0 Å². The molecule has 4 aromatic rings. The standard InChI is InChI=1S/C29H32N2O2/c1-5-10-23-11-6-9-14-27(23)33-20-29-30-25-12-7-8-13-26(25)31(29)17-18-32-28-19-22(4)15-16-24(28)21(2)3/h5-9,11-16,19,21H,1,10,17-18,20H2,2-4H3. The first kappa shape index (κ1) is 22.7. The second-order valence-corrected chi connectivity index (χ2v) is 8.60. The molecule has 1 aromatic heterocycles. The fraction of sp³-hybridized carbons (Fsp3) is 0.276. The maximum absolute atomic E-state index is 6.27. The predicted octanol–water partition coefficient (Wildman–Crippen LogP) is 6.85. The number of aromatic nitrogens is 2. The van der Waals surface area contributed by atoms with E-state index in [1.165, 1.54) is 11.1 Å². The number of ether oxygens (including phenoxy) is 2. The van der Waals surface area contributed by atoms with Crippen LogP contribution in [-0.2, 0) is 19.6 Å². The Morgan fingerprint density at radius 2 is 1.76 bits per heavy atom. The lowest BCUT2D eigenvalue weighted by Crippen LogP contribution is -2.14. The number of hydrogen-bond acceptors (Lipinski definition) is 3. The van der Waals surface area contributed by atoms with Gasteiger partial charge in [0.25, 0.3) is 0 Å². The van der Waals surface area contributed by atoms with Gasteiger partial charge >= 0.3 is 0 Å². The lowest BCUT2D eigenvalue weighted by atomic mass is 10.0. The molecule has 4 nitrogen and oxygen atoms in total. The Labute approximate surface area is 196 Å². The average molecular weight is 441 g/mol. The van der Waals surface area contributed by atoms with Crippen molar-refractivity contribution in [2.75, 3.05) is 6.61 Å². The normalized spacial score (nSPS) is 11.2. The fourth-order valence-corrected chi connectivity index (χ4v) is 4.09. The molecule has 33 heavy (non-hydrogen) atoms. The molecule has 0 amide bonds. The van der Waals surface area contributed by atoms with Gasteiger partial charge in [-0.25, -0.2) is 4.98 Å². The molecular weight excluding hydrogens is 408 g/mol. The highest BCUT2D eigenvalue weighted by atomic mass is 16.5. The van der Waals surface area contributed by atoms with Gasteiger partial charge in [0.1, 0.15) is 30.5 Å². The molecule has 1 heterocycles. The average Bonchev–Trinajstić information content (AvgIpc) is 3.16. The highest BCUT2D eigenvalue weighted by molar-refractivity contribution is 5.75. The number of fused-ring (bicyclic) bond motifs is 1. The fourth-order valence-electron chi connectivity index (χ4n) is 4.09. The summed E-state index contributed by atoms with van der Waals surface area (Å²) in [4.78, 5) is 4.85. The lowest BCUT2D eigenvalue weighted by Gasteiger charge is -2.16. The topological polar surface area (TPSA) is 36.3 Å². The minimum atomic E-state index is 0.393. The van der Waals surface area contributed by atoms with E-state index in [-0.39, 0.29) is 0 Å². The minimum Gasteiger partial charge on any atom is -0.491 e. The molecule has 0 N–H and O–H groups in total. The SMILES string of the molecule is C=CCc1ccccc1OCc1nc2ccccc2n1CCOc1cc(C)ccc1C(C)C. The first-order valence-electron chi connectivity index (χ1n) is 11.6. The molecule has 0 saturated carbocycles. The van der Waals surface area contributed by atoms with Crippen LogP contribution in [0.3, 0.4) is 0 Å². The number of nitrogens with zero attached hydrogens (tertiary/aromatic N) is 2. The zero-order valence-corrected chi connectivity index (χ0v) is 19.8. The molecule has 0 aliphatic rings. The van der Waals surface area contributed by atoms with E-state index in [4.69, 9.17) is 14.5 Å². The van der Waals surface area contributed by atoms with Crippen molar-refractivity contribution < 1.29 is 9.47 Å². The van der Waals surface area contributed by atoms with E-state index in [9.17, 15) is 0 Å². The molecule has 0 unspecified atom stereocenters. The summed E-state index contributed by atoms with van der Waals surface area (Å²) in [6.07, 6.45) is 2.67. The summed E-state index contributed by atoms with van der Waals surface area (Å²) in [5, 5.41) is 0. The molecule has 0 atom stereocenters. The van der Waals surface area contributed by atoms with Crippen molar-refractivity contribution in [2.24, 2.45) is 0 Å². The zero-order valence-electron chi connectivity index (χ0n) is 19.8. The highest BCUT2D eigenvalue weighted by Crippen LogP contribution is 2.28. The summed E-state index contributed by atoms with van der Waals surface area (Å²) in [5.74, 6) is 3.13. The molecule has 0 saturated heterocycles. The minimum absolute atomic E-state index is 0.393. The summed E-state index contributed by atoms with van der Waals surface area (Å²) in [7, 11) is 0. The Balaban J connectivity index is 1.54. The van der Waals surface area contributed by atoms with Crippen molar-refractivity contribution in [1.82, 2.24) is 9.55 Å². The number of benzene rings is 3. The maximum Gasteiger partial charge on any atom is 0.148 e. The lowest BCUT2D eigenvalue weighted by molar-refractivity contribution is 0.269. The van der Waals surface area contributed by atoms with Gasteiger partial charge in [0.2, 0.25) is 0 Å². The molecule has 0 fully saturated rings. The summed E-state index contributed by atoms with van der Waals surface area (Å²) in [6, 6.07) is 22.7. The monoisotopic (exact) mass is 440 g/mol. The van der Waals surface area contributed by atoms with Crippen molar-refractivity contribution in [3.63, 3.8) is 0 Å². The van der Waals surface area contributed by atoms with Crippen molar-refractivity contribution in [1.29, 1.82) is 0 Å². The van der Waals surface area contributed by atoms with Crippen molar-refractivity contribution in [3.05, 3.63) is 102 Å². The Morgan fingerprint density at radius 3 is 2.58 bits per heavy atom. The van der Waals surface area contributed by atoms with Gasteiger partial charge in [-0.3, -0.25) is 0 Å². The van der Waals surface area contributed by atoms with E-state index in [1.807, 2.05) is 42.5 Å². The van der Waals surface area contributed by atoms with Gasteiger partial charge in [-0.05, 0) is 60.2 Å². The number of aryl methyl sites for hydroxylation is 1. The van der Waals surface area contributed by atoms with Crippen molar-refractivity contribution >= 4 is 11.0 Å². The molecule has 170 valence electrons. The van der Waals surface area contributed by atoms with Gasteiger partial charge in [0, 0.05) is 0 Å². The van der Waals surface area contributed by atoms with Crippen molar-refractivity contribution in [3.8, 4) is 11.5 Å². The summed E-state index contributed by atoms with van der Waals surface area (Å²) >= 11 is 0. The van der Waals surface area contributed by atoms with E-state index in [1.54, 1.807) is 0 Å².